The normalized spacial score (nSPS) is 14.4. The van der Waals surface area contributed by atoms with E-state index in [0.717, 1.165) is 19.3 Å². The highest BCUT2D eigenvalue weighted by molar-refractivity contribution is 6.10. The Morgan fingerprint density at radius 3 is 1.41 bits per heavy atom. The van der Waals surface area contributed by atoms with E-state index in [1.165, 1.54) is 65.3 Å². The van der Waals surface area contributed by atoms with Gasteiger partial charge in [0, 0.05) is 0 Å². The van der Waals surface area contributed by atoms with Crippen LogP contribution < -0.4 is 0 Å². The van der Waals surface area contributed by atoms with Gasteiger partial charge in [-0.15, -0.1) is 0 Å². The van der Waals surface area contributed by atoms with Crippen LogP contribution in [0.25, 0.3) is 43.1 Å². The first-order chi connectivity index (χ1) is 16.8. The van der Waals surface area contributed by atoms with Crippen LogP contribution in [0.1, 0.15) is 28.7 Å². The Hall–Kier alpha value is -3.68. The van der Waals surface area contributed by atoms with Crippen molar-refractivity contribution in [3.63, 3.8) is 0 Å². The Morgan fingerprint density at radius 2 is 0.912 bits per heavy atom. The van der Waals surface area contributed by atoms with Gasteiger partial charge in [-0.2, -0.15) is 0 Å². The minimum Gasteiger partial charge on any atom is -0.372 e. The SMILES string of the molecule is c1ccc2c(c1)c1cc3ccc(cc32)COCc2ccc3cc(c4ccccc4c3c2)CCC1. The molecule has 0 spiro atoms. The number of ether oxygens (including phenoxy) is 1. The summed E-state index contributed by atoms with van der Waals surface area (Å²) in [4.78, 5) is 0. The summed E-state index contributed by atoms with van der Waals surface area (Å²) in [6.45, 7) is 1.23. The van der Waals surface area contributed by atoms with Crippen LogP contribution in [-0.4, -0.2) is 0 Å². The lowest BCUT2D eigenvalue weighted by atomic mass is 9.91. The maximum atomic E-state index is 6.21. The molecule has 0 saturated heterocycles. The van der Waals surface area contributed by atoms with Crippen LogP contribution in [0.15, 0.2) is 97.1 Å². The van der Waals surface area contributed by atoms with Crippen molar-refractivity contribution in [1.29, 1.82) is 0 Å². The molecule has 5 aliphatic heterocycles. The zero-order valence-corrected chi connectivity index (χ0v) is 19.2. The van der Waals surface area contributed by atoms with E-state index in [4.69, 9.17) is 4.74 Å². The maximum Gasteiger partial charge on any atom is 0.0721 e. The quantitative estimate of drug-likeness (QED) is 0.216. The minimum atomic E-state index is 0.615. The summed E-state index contributed by atoms with van der Waals surface area (Å²) in [5.41, 5.74) is 5.34. The fourth-order valence-electron chi connectivity index (χ4n) is 5.80. The van der Waals surface area contributed by atoms with Gasteiger partial charge in [-0.25, -0.2) is 0 Å². The summed E-state index contributed by atoms with van der Waals surface area (Å²) in [5, 5.41) is 10.7. The van der Waals surface area contributed by atoms with E-state index in [1.807, 2.05) is 0 Å². The van der Waals surface area contributed by atoms with Gasteiger partial charge in [-0.05, 0) is 96.7 Å². The first-order valence-electron chi connectivity index (χ1n) is 12.3. The van der Waals surface area contributed by atoms with Crippen LogP contribution in [0.5, 0.6) is 0 Å². The van der Waals surface area contributed by atoms with E-state index >= 15 is 0 Å². The first kappa shape index (κ1) is 19.8. The lowest BCUT2D eigenvalue weighted by Gasteiger charge is -2.15. The van der Waals surface area contributed by atoms with Crippen LogP contribution in [0.4, 0.5) is 0 Å². The summed E-state index contributed by atoms with van der Waals surface area (Å²) < 4.78 is 6.21. The van der Waals surface area contributed by atoms with Crippen molar-refractivity contribution in [2.24, 2.45) is 0 Å². The van der Waals surface area contributed by atoms with E-state index in [9.17, 15) is 0 Å². The third-order valence-corrected chi connectivity index (χ3v) is 7.45. The van der Waals surface area contributed by atoms with Crippen molar-refractivity contribution in [1.82, 2.24) is 0 Å². The van der Waals surface area contributed by atoms with Gasteiger partial charge in [-0.1, -0.05) is 84.9 Å². The average molecular weight is 439 g/mol. The topological polar surface area (TPSA) is 9.23 Å². The van der Waals surface area contributed by atoms with Crippen molar-refractivity contribution < 1.29 is 4.74 Å². The molecule has 1 nitrogen and oxygen atoms in total. The van der Waals surface area contributed by atoms with E-state index in [-0.39, 0.29) is 0 Å². The maximum absolute atomic E-state index is 6.21. The molecule has 0 atom stereocenters. The molecule has 0 amide bonds. The molecule has 0 fully saturated rings. The van der Waals surface area contributed by atoms with Crippen molar-refractivity contribution in [2.75, 3.05) is 0 Å². The van der Waals surface area contributed by atoms with E-state index < -0.39 is 0 Å². The van der Waals surface area contributed by atoms with Gasteiger partial charge < -0.3 is 4.74 Å². The molecule has 6 aromatic rings. The molecule has 0 aliphatic carbocycles. The van der Waals surface area contributed by atoms with Crippen LogP contribution >= 0.6 is 0 Å². The third kappa shape index (κ3) is 3.28. The molecule has 34 heavy (non-hydrogen) atoms. The monoisotopic (exact) mass is 438 g/mol. The highest BCUT2D eigenvalue weighted by Crippen LogP contribution is 2.33. The van der Waals surface area contributed by atoms with Crippen molar-refractivity contribution in [2.45, 2.75) is 32.5 Å². The van der Waals surface area contributed by atoms with Crippen LogP contribution in [0.3, 0.4) is 0 Å². The zero-order chi connectivity index (χ0) is 22.5. The lowest BCUT2D eigenvalue weighted by molar-refractivity contribution is 0.107. The van der Waals surface area contributed by atoms with Gasteiger partial charge >= 0.3 is 0 Å². The second-order valence-electron chi connectivity index (χ2n) is 9.62. The van der Waals surface area contributed by atoms with Gasteiger partial charge in [0.2, 0.25) is 0 Å². The summed E-state index contributed by atoms with van der Waals surface area (Å²) >= 11 is 0. The van der Waals surface area contributed by atoms with Crippen LogP contribution in [-0.2, 0) is 30.8 Å². The number of aryl methyl sites for hydroxylation is 2. The molecule has 5 heterocycles. The van der Waals surface area contributed by atoms with E-state index in [1.54, 1.807) is 0 Å². The van der Waals surface area contributed by atoms with Gasteiger partial charge in [0.1, 0.15) is 0 Å². The highest BCUT2D eigenvalue weighted by Gasteiger charge is 2.11. The molecule has 1 heteroatoms. The van der Waals surface area contributed by atoms with E-state index in [0.29, 0.717) is 13.2 Å². The Labute approximate surface area is 199 Å². The fourth-order valence-corrected chi connectivity index (χ4v) is 5.80. The molecular weight excluding hydrogens is 412 g/mol. The predicted molar refractivity (Wildman–Crippen MR) is 143 cm³/mol. The molecule has 8 bridgehead atoms. The van der Waals surface area contributed by atoms with Gasteiger partial charge in [0.25, 0.3) is 0 Å². The second kappa shape index (κ2) is 7.97. The van der Waals surface area contributed by atoms with Gasteiger partial charge in [0.05, 0.1) is 13.2 Å². The summed E-state index contributed by atoms with van der Waals surface area (Å²) in [7, 11) is 0. The average Bonchev–Trinajstić information content (AvgIpc) is 2.89. The molecule has 11 rings (SSSR count). The summed E-state index contributed by atoms with van der Waals surface area (Å²) in [5.74, 6) is 0. The molecular formula is C33H26O. The largest absolute Gasteiger partial charge is 0.372 e. The number of hydrogen-bond acceptors (Lipinski definition) is 1. The number of benzene rings is 6. The lowest BCUT2D eigenvalue weighted by Crippen LogP contribution is -1.97. The summed E-state index contributed by atoms with van der Waals surface area (Å²) in [6.07, 6.45) is 3.29. The van der Waals surface area contributed by atoms with Crippen LogP contribution in [0.2, 0.25) is 0 Å². The van der Waals surface area contributed by atoms with Gasteiger partial charge in [0.15, 0.2) is 0 Å². The minimum absolute atomic E-state index is 0.615. The van der Waals surface area contributed by atoms with Crippen molar-refractivity contribution in [3.05, 3.63) is 119 Å². The Balaban J connectivity index is 1.42. The smallest absolute Gasteiger partial charge is 0.0721 e. The fraction of sp³-hybridized carbons (Fsp3) is 0.152. The molecule has 6 aromatic carbocycles. The van der Waals surface area contributed by atoms with Crippen LogP contribution in [0, 0.1) is 0 Å². The number of hydrogen-bond donors (Lipinski definition) is 0. The molecule has 5 aliphatic rings. The second-order valence-corrected chi connectivity index (χ2v) is 9.62. The number of rotatable bonds is 0. The molecule has 0 radical (unpaired) electrons. The van der Waals surface area contributed by atoms with Gasteiger partial charge in [-0.3, -0.25) is 0 Å². The highest BCUT2D eigenvalue weighted by atomic mass is 16.5. The molecule has 0 N–H and O–H groups in total. The van der Waals surface area contributed by atoms with Crippen molar-refractivity contribution >= 4 is 43.1 Å². The zero-order valence-electron chi connectivity index (χ0n) is 19.2. The molecule has 164 valence electrons. The third-order valence-electron chi connectivity index (χ3n) is 7.45. The standard InChI is InChI=1S/C33H26O/c1-3-10-30-28(8-1)24-6-5-7-25-19-27-15-13-23(17-33(27)31-11-4-2-9-29(25)31)21-34-20-22-12-14-26(18-24)32(30)16-22/h1-4,8-19H,5-7,20-21H2. The molecule has 0 unspecified atom stereocenters. The predicted octanol–water partition coefficient (Wildman–Crippen LogP) is 8.50. The Bertz CT molecular complexity index is 1580. The Morgan fingerprint density at radius 1 is 0.441 bits per heavy atom. The van der Waals surface area contributed by atoms with Crippen molar-refractivity contribution in [3.8, 4) is 0 Å². The van der Waals surface area contributed by atoms with E-state index in [2.05, 4.69) is 97.1 Å². The Kier molecular flexibility index (Phi) is 4.63. The molecule has 0 aromatic heterocycles. The first-order valence-corrected chi connectivity index (χ1v) is 12.3. The summed E-state index contributed by atoms with van der Waals surface area (Å²) in [6, 6.07) is 36.2. The molecule has 0 saturated carbocycles.